The number of aromatic nitrogens is 3. The van der Waals surface area contributed by atoms with Crippen LogP contribution >= 0.6 is 11.8 Å². The molecule has 0 bridgehead atoms. The van der Waals surface area contributed by atoms with E-state index < -0.39 is 17.2 Å². The minimum Gasteiger partial charge on any atom is -0.341 e. The molecule has 7 nitrogen and oxygen atoms in total. The summed E-state index contributed by atoms with van der Waals surface area (Å²) in [5.41, 5.74) is 2.09. The second-order valence-electron chi connectivity index (χ2n) is 4.66. The van der Waals surface area contributed by atoms with Crippen LogP contribution in [0.1, 0.15) is 12.5 Å². The number of imide groups is 1. The summed E-state index contributed by atoms with van der Waals surface area (Å²) in [6, 6.07) is 7.35. The first kappa shape index (κ1) is 16.0. The second kappa shape index (κ2) is 7.08. The van der Waals surface area contributed by atoms with Crippen molar-refractivity contribution in [1.82, 2.24) is 25.8 Å². The molecule has 3 N–H and O–H groups in total. The standard InChI is InChI=1S/C14H17N5O2S/c1-8-4-6-10(7-5-8)11-16-14(19-18-11)22-9(2)12(20)17-13(21)15-3/h4-7,9H,1-3H3,(H,16,18,19)(H2,15,17,20,21). The molecular formula is C14H17N5O2S. The quantitative estimate of drug-likeness (QED) is 0.745. The Kier molecular flexibility index (Phi) is 5.16. The minimum absolute atomic E-state index is 0.397. The number of aryl methyl sites for hydroxylation is 1. The highest BCUT2D eigenvalue weighted by molar-refractivity contribution is 8.00. The Labute approximate surface area is 132 Å². The third kappa shape index (κ3) is 4.08. The molecule has 0 fully saturated rings. The van der Waals surface area contributed by atoms with Gasteiger partial charge in [0.1, 0.15) is 0 Å². The molecule has 22 heavy (non-hydrogen) atoms. The van der Waals surface area contributed by atoms with E-state index in [0.717, 1.165) is 11.1 Å². The summed E-state index contributed by atoms with van der Waals surface area (Å²) < 4.78 is 0. The first-order valence-electron chi connectivity index (χ1n) is 6.68. The number of thioether (sulfide) groups is 1. The molecule has 0 spiro atoms. The Morgan fingerprint density at radius 3 is 2.59 bits per heavy atom. The van der Waals surface area contributed by atoms with Crippen molar-refractivity contribution in [2.24, 2.45) is 0 Å². The molecular weight excluding hydrogens is 302 g/mol. The van der Waals surface area contributed by atoms with Crippen LogP contribution < -0.4 is 10.6 Å². The molecule has 2 rings (SSSR count). The molecule has 2 aromatic rings. The van der Waals surface area contributed by atoms with Crippen molar-refractivity contribution in [2.75, 3.05) is 7.05 Å². The van der Waals surface area contributed by atoms with E-state index in [-0.39, 0.29) is 0 Å². The van der Waals surface area contributed by atoms with Crippen LogP contribution in [0.3, 0.4) is 0 Å². The van der Waals surface area contributed by atoms with Gasteiger partial charge in [0.05, 0.1) is 5.25 Å². The van der Waals surface area contributed by atoms with Crippen LogP contribution in [-0.4, -0.2) is 39.4 Å². The number of carbonyl (C=O) groups excluding carboxylic acids is 2. The van der Waals surface area contributed by atoms with Gasteiger partial charge in [0.2, 0.25) is 11.1 Å². The van der Waals surface area contributed by atoms with Crippen molar-refractivity contribution in [3.63, 3.8) is 0 Å². The van der Waals surface area contributed by atoms with Gasteiger partial charge in [-0.25, -0.2) is 9.78 Å². The van der Waals surface area contributed by atoms with Crippen molar-refractivity contribution in [3.8, 4) is 11.4 Å². The maximum Gasteiger partial charge on any atom is 0.321 e. The van der Waals surface area contributed by atoms with E-state index in [4.69, 9.17) is 0 Å². The molecule has 3 amide bonds. The molecule has 1 unspecified atom stereocenters. The molecule has 1 atom stereocenters. The normalized spacial score (nSPS) is 11.8. The van der Waals surface area contributed by atoms with E-state index >= 15 is 0 Å². The van der Waals surface area contributed by atoms with Crippen molar-refractivity contribution < 1.29 is 9.59 Å². The Balaban J connectivity index is 2.01. The molecule has 0 aliphatic carbocycles. The van der Waals surface area contributed by atoms with E-state index in [9.17, 15) is 9.59 Å². The van der Waals surface area contributed by atoms with Crippen LogP contribution in [0.4, 0.5) is 4.79 Å². The Morgan fingerprint density at radius 1 is 1.27 bits per heavy atom. The van der Waals surface area contributed by atoms with Crippen LogP contribution in [0, 0.1) is 6.92 Å². The number of aromatic amines is 1. The highest BCUT2D eigenvalue weighted by Gasteiger charge is 2.19. The number of carbonyl (C=O) groups is 2. The molecule has 0 saturated heterocycles. The van der Waals surface area contributed by atoms with Crippen LogP contribution in [0.15, 0.2) is 29.4 Å². The molecule has 1 aromatic carbocycles. The fourth-order valence-electron chi connectivity index (χ4n) is 1.63. The maximum atomic E-state index is 11.8. The van der Waals surface area contributed by atoms with Gasteiger partial charge in [-0.2, -0.15) is 0 Å². The van der Waals surface area contributed by atoms with E-state index in [1.807, 2.05) is 31.2 Å². The fraction of sp³-hybridized carbons (Fsp3) is 0.286. The molecule has 0 aliphatic heterocycles. The van der Waals surface area contributed by atoms with Crippen molar-refractivity contribution in [1.29, 1.82) is 0 Å². The zero-order chi connectivity index (χ0) is 16.1. The largest absolute Gasteiger partial charge is 0.341 e. The van der Waals surface area contributed by atoms with E-state index in [0.29, 0.717) is 11.0 Å². The minimum atomic E-state index is -0.534. The van der Waals surface area contributed by atoms with E-state index in [2.05, 4.69) is 25.8 Å². The molecule has 0 aliphatic rings. The number of rotatable bonds is 4. The van der Waals surface area contributed by atoms with Gasteiger partial charge >= 0.3 is 6.03 Å². The summed E-state index contributed by atoms with van der Waals surface area (Å²) in [6.45, 7) is 3.70. The van der Waals surface area contributed by atoms with E-state index in [1.54, 1.807) is 6.92 Å². The van der Waals surface area contributed by atoms with Crippen LogP contribution in [0.5, 0.6) is 0 Å². The first-order chi connectivity index (χ1) is 10.5. The highest BCUT2D eigenvalue weighted by atomic mass is 32.2. The Bertz CT molecular complexity index is 668. The number of benzene rings is 1. The molecule has 116 valence electrons. The van der Waals surface area contributed by atoms with Crippen molar-refractivity contribution in [2.45, 2.75) is 24.3 Å². The van der Waals surface area contributed by atoms with Gasteiger partial charge in [0, 0.05) is 12.6 Å². The van der Waals surface area contributed by atoms with Gasteiger partial charge in [-0.15, -0.1) is 5.10 Å². The van der Waals surface area contributed by atoms with Crippen LogP contribution in [-0.2, 0) is 4.79 Å². The fourth-order valence-corrected chi connectivity index (χ4v) is 2.35. The number of urea groups is 1. The lowest BCUT2D eigenvalue weighted by molar-refractivity contribution is -0.119. The third-order valence-corrected chi connectivity index (χ3v) is 3.87. The predicted molar refractivity (Wildman–Crippen MR) is 84.5 cm³/mol. The summed E-state index contributed by atoms with van der Waals surface area (Å²) in [7, 11) is 1.45. The summed E-state index contributed by atoms with van der Waals surface area (Å²) in [5, 5.41) is 11.4. The zero-order valence-electron chi connectivity index (χ0n) is 12.5. The second-order valence-corrected chi connectivity index (χ2v) is 5.97. The smallest absolute Gasteiger partial charge is 0.321 e. The number of amides is 3. The summed E-state index contributed by atoms with van der Waals surface area (Å²) >= 11 is 1.18. The summed E-state index contributed by atoms with van der Waals surface area (Å²) in [4.78, 5) is 27.2. The van der Waals surface area contributed by atoms with Gasteiger partial charge in [0.15, 0.2) is 5.82 Å². The lowest BCUT2D eigenvalue weighted by atomic mass is 10.1. The molecule has 1 aromatic heterocycles. The lowest BCUT2D eigenvalue weighted by Gasteiger charge is -2.08. The summed E-state index contributed by atoms with van der Waals surface area (Å²) in [5.74, 6) is 0.243. The monoisotopic (exact) mass is 319 g/mol. The van der Waals surface area contributed by atoms with Gasteiger partial charge in [-0.3, -0.25) is 15.2 Å². The van der Waals surface area contributed by atoms with Gasteiger partial charge < -0.3 is 5.32 Å². The number of H-pyrrole nitrogens is 1. The van der Waals surface area contributed by atoms with E-state index in [1.165, 1.54) is 18.8 Å². The first-order valence-corrected chi connectivity index (χ1v) is 7.56. The summed E-state index contributed by atoms with van der Waals surface area (Å²) in [6.07, 6.45) is 0. The predicted octanol–water partition coefficient (Wildman–Crippen LogP) is 1.72. The molecule has 0 radical (unpaired) electrons. The molecule has 8 heteroatoms. The van der Waals surface area contributed by atoms with Gasteiger partial charge in [-0.05, 0) is 13.8 Å². The average molecular weight is 319 g/mol. The number of hydrogen-bond acceptors (Lipinski definition) is 5. The Hall–Kier alpha value is -2.35. The number of nitrogens with zero attached hydrogens (tertiary/aromatic N) is 2. The van der Waals surface area contributed by atoms with Gasteiger partial charge in [0.25, 0.3) is 0 Å². The van der Waals surface area contributed by atoms with Crippen LogP contribution in [0.2, 0.25) is 0 Å². The third-order valence-electron chi connectivity index (χ3n) is 2.91. The van der Waals surface area contributed by atoms with Crippen molar-refractivity contribution >= 4 is 23.7 Å². The maximum absolute atomic E-state index is 11.8. The molecule has 1 heterocycles. The van der Waals surface area contributed by atoms with Crippen LogP contribution in [0.25, 0.3) is 11.4 Å². The van der Waals surface area contributed by atoms with Gasteiger partial charge in [-0.1, -0.05) is 41.6 Å². The van der Waals surface area contributed by atoms with Crippen molar-refractivity contribution in [3.05, 3.63) is 29.8 Å². The topological polar surface area (TPSA) is 99.8 Å². The zero-order valence-corrected chi connectivity index (χ0v) is 13.3. The average Bonchev–Trinajstić information content (AvgIpc) is 2.96. The Morgan fingerprint density at radius 2 is 1.95 bits per heavy atom. The number of hydrogen-bond donors (Lipinski definition) is 3. The molecule has 0 saturated carbocycles. The highest BCUT2D eigenvalue weighted by Crippen LogP contribution is 2.22. The SMILES string of the molecule is CNC(=O)NC(=O)C(C)Sc1n[nH]c(-c2ccc(C)cc2)n1. The lowest BCUT2D eigenvalue weighted by Crippen LogP contribution is -2.41. The number of nitrogens with one attached hydrogen (secondary N) is 3.